The maximum absolute atomic E-state index is 12.5. The van der Waals surface area contributed by atoms with Crippen molar-refractivity contribution in [2.45, 2.75) is 25.7 Å². The molecule has 0 N–H and O–H groups in total. The van der Waals surface area contributed by atoms with Crippen LogP contribution in [0, 0.1) is 11.3 Å². The number of hydrogen-bond acceptors (Lipinski definition) is 4. The van der Waals surface area contributed by atoms with Crippen molar-refractivity contribution < 1.29 is 14.3 Å². The molecule has 5 heteroatoms. The quantitative estimate of drug-likeness (QED) is 0.557. The zero-order valence-corrected chi connectivity index (χ0v) is 12.1. The Bertz CT molecular complexity index is 366. The summed E-state index contributed by atoms with van der Waals surface area (Å²) >= 11 is 0. The Hall–Kier alpha value is -1.10. The number of ether oxygens (including phenoxy) is 1. The average Bonchev–Trinajstić information content (AvgIpc) is 2.72. The normalized spacial score (nSPS) is 25.7. The van der Waals surface area contributed by atoms with E-state index in [0.717, 1.165) is 32.5 Å². The second kappa shape index (κ2) is 5.49. The Morgan fingerprint density at radius 3 is 2.53 bits per heavy atom. The number of carbonyl (C=O) groups excluding carboxylic acids is 2. The molecule has 0 aromatic rings. The lowest BCUT2D eigenvalue weighted by Crippen LogP contribution is -2.52. The van der Waals surface area contributed by atoms with E-state index in [9.17, 15) is 9.59 Å². The van der Waals surface area contributed by atoms with E-state index in [1.54, 1.807) is 4.90 Å². The minimum atomic E-state index is -0.881. The lowest BCUT2D eigenvalue weighted by molar-refractivity contribution is -0.169. The molecule has 108 valence electrons. The average molecular weight is 268 g/mol. The molecule has 0 aromatic heterocycles. The van der Waals surface area contributed by atoms with Crippen LogP contribution in [0.15, 0.2) is 0 Å². The van der Waals surface area contributed by atoms with Crippen molar-refractivity contribution in [3.8, 4) is 0 Å². The van der Waals surface area contributed by atoms with Gasteiger partial charge in [-0.15, -0.1) is 0 Å². The van der Waals surface area contributed by atoms with E-state index in [0.29, 0.717) is 18.8 Å². The fraction of sp³-hybridized carbons (Fsp3) is 0.857. The van der Waals surface area contributed by atoms with E-state index in [2.05, 4.69) is 11.9 Å². The van der Waals surface area contributed by atoms with Crippen LogP contribution >= 0.6 is 0 Å². The van der Waals surface area contributed by atoms with Crippen LogP contribution in [-0.4, -0.2) is 62.5 Å². The summed E-state index contributed by atoms with van der Waals surface area (Å²) < 4.78 is 4.82. The van der Waals surface area contributed by atoms with E-state index in [-0.39, 0.29) is 11.9 Å². The first-order valence-electron chi connectivity index (χ1n) is 7.02. The summed E-state index contributed by atoms with van der Waals surface area (Å²) in [6.07, 6.45) is 3.32. The van der Waals surface area contributed by atoms with Crippen LogP contribution in [0.1, 0.15) is 25.7 Å². The first-order valence-corrected chi connectivity index (χ1v) is 7.02. The third-order valence-corrected chi connectivity index (χ3v) is 4.56. The third-order valence-electron chi connectivity index (χ3n) is 4.56. The minimum Gasteiger partial charge on any atom is -0.468 e. The zero-order chi connectivity index (χ0) is 14.0. The number of likely N-dealkylation sites (tertiary alicyclic amines) is 1. The van der Waals surface area contributed by atoms with Crippen LogP contribution in [0.5, 0.6) is 0 Å². The van der Waals surface area contributed by atoms with Crippen LogP contribution in [0.3, 0.4) is 0 Å². The largest absolute Gasteiger partial charge is 0.468 e. The van der Waals surface area contributed by atoms with Gasteiger partial charge in [-0.2, -0.15) is 0 Å². The van der Waals surface area contributed by atoms with Crippen molar-refractivity contribution in [3.63, 3.8) is 0 Å². The topological polar surface area (TPSA) is 49.9 Å². The van der Waals surface area contributed by atoms with E-state index in [1.807, 2.05) is 7.05 Å². The number of amides is 1. The predicted molar refractivity (Wildman–Crippen MR) is 71.5 cm³/mol. The molecule has 1 aliphatic carbocycles. The van der Waals surface area contributed by atoms with Crippen molar-refractivity contribution in [2.24, 2.45) is 11.3 Å². The van der Waals surface area contributed by atoms with Crippen molar-refractivity contribution in [3.05, 3.63) is 0 Å². The van der Waals surface area contributed by atoms with Gasteiger partial charge in [0, 0.05) is 20.1 Å². The maximum atomic E-state index is 12.5. The number of rotatable bonds is 4. The van der Waals surface area contributed by atoms with Gasteiger partial charge < -0.3 is 14.5 Å². The molecule has 1 aliphatic heterocycles. The van der Waals surface area contributed by atoms with Crippen LogP contribution in [0.2, 0.25) is 0 Å². The van der Waals surface area contributed by atoms with Gasteiger partial charge in [0.2, 0.25) is 5.91 Å². The summed E-state index contributed by atoms with van der Waals surface area (Å²) in [6, 6.07) is 0. The van der Waals surface area contributed by atoms with Gasteiger partial charge in [0.25, 0.3) is 0 Å². The van der Waals surface area contributed by atoms with E-state index < -0.39 is 5.41 Å². The zero-order valence-electron chi connectivity index (χ0n) is 12.1. The molecule has 1 unspecified atom stereocenters. The van der Waals surface area contributed by atoms with Crippen molar-refractivity contribution >= 4 is 11.9 Å². The Morgan fingerprint density at radius 1 is 1.42 bits per heavy atom. The Morgan fingerprint density at radius 2 is 2.11 bits per heavy atom. The highest BCUT2D eigenvalue weighted by atomic mass is 16.5. The number of hydrogen-bond donors (Lipinski definition) is 0. The molecule has 2 fully saturated rings. The fourth-order valence-electron chi connectivity index (χ4n) is 3.24. The molecule has 0 aromatic carbocycles. The molecule has 1 saturated heterocycles. The molecule has 2 aliphatic rings. The van der Waals surface area contributed by atoms with Gasteiger partial charge in [0.15, 0.2) is 0 Å². The number of methoxy groups -OCH3 is 1. The van der Waals surface area contributed by atoms with E-state index in [4.69, 9.17) is 4.74 Å². The van der Waals surface area contributed by atoms with Crippen molar-refractivity contribution in [2.75, 3.05) is 40.8 Å². The van der Waals surface area contributed by atoms with Crippen LogP contribution in [0.25, 0.3) is 0 Å². The smallest absolute Gasteiger partial charge is 0.321 e. The number of nitrogens with zero attached hydrogens (tertiary/aromatic N) is 2. The van der Waals surface area contributed by atoms with Gasteiger partial charge in [-0.1, -0.05) is 6.42 Å². The SMILES string of the molecule is COC(=O)C1(C(=O)N(C)CC2CCN(C)C2)CCC1. The van der Waals surface area contributed by atoms with Crippen LogP contribution in [0.4, 0.5) is 0 Å². The molecular weight excluding hydrogens is 244 g/mol. The van der Waals surface area contributed by atoms with Gasteiger partial charge in [0.05, 0.1) is 7.11 Å². The van der Waals surface area contributed by atoms with E-state index in [1.165, 1.54) is 7.11 Å². The van der Waals surface area contributed by atoms with Gasteiger partial charge >= 0.3 is 5.97 Å². The lowest BCUT2D eigenvalue weighted by Gasteiger charge is -2.40. The van der Waals surface area contributed by atoms with Crippen molar-refractivity contribution in [1.82, 2.24) is 9.80 Å². The predicted octanol–water partition coefficient (Wildman–Crippen LogP) is 0.740. The summed E-state index contributed by atoms with van der Waals surface area (Å²) in [5.74, 6) is 0.105. The second-order valence-corrected chi connectivity index (χ2v) is 6.03. The first kappa shape index (κ1) is 14.3. The van der Waals surface area contributed by atoms with Crippen molar-refractivity contribution in [1.29, 1.82) is 0 Å². The highest BCUT2D eigenvalue weighted by Gasteiger charge is 2.53. The molecule has 0 radical (unpaired) electrons. The standard InChI is InChI=1S/C14H24N2O3/c1-15-8-5-11(9-15)10-16(2)12(17)14(6-4-7-14)13(18)19-3/h11H,4-10H2,1-3H3. The summed E-state index contributed by atoms with van der Waals surface area (Å²) in [5.41, 5.74) is -0.881. The molecule has 5 nitrogen and oxygen atoms in total. The Labute approximate surface area is 114 Å². The van der Waals surface area contributed by atoms with Gasteiger partial charge in [0.1, 0.15) is 5.41 Å². The van der Waals surface area contributed by atoms with Gasteiger partial charge in [-0.25, -0.2) is 0 Å². The molecule has 1 saturated carbocycles. The molecule has 19 heavy (non-hydrogen) atoms. The lowest BCUT2D eigenvalue weighted by atomic mass is 9.67. The Kier molecular flexibility index (Phi) is 4.13. The summed E-state index contributed by atoms with van der Waals surface area (Å²) in [4.78, 5) is 28.4. The highest BCUT2D eigenvalue weighted by Crippen LogP contribution is 2.43. The molecule has 2 rings (SSSR count). The Balaban J connectivity index is 1.96. The molecule has 0 bridgehead atoms. The van der Waals surface area contributed by atoms with Crippen LogP contribution < -0.4 is 0 Å². The molecular formula is C14H24N2O3. The number of carbonyl (C=O) groups is 2. The summed E-state index contributed by atoms with van der Waals surface area (Å²) in [6.45, 7) is 2.86. The maximum Gasteiger partial charge on any atom is 0.321 e. The second-order valence-electron chi connectivity index (χ2n) is 6.03. The van der Waals surface area contributed by atoms with Crippen LogP contribution in [-0.2, 0) is 14.3 Å². The molecule has 1 amide bonds. The van der Waals surface area contributed by atoms with E-state index >= 15 is 0 Å². The van der Waals surface area contributed by atoms with Gasteiger partial charge in [-0.05, 0) is 38.8 Å². The third kappa shape index (κ3) is 2.61. The monoisotopic (exact) mass is 268 g/mol. The molecule has 0 spiro atoms. The minimum absolute atomic E-state index is 0.0554. The molecule has 1 heterocycles. The number of esters is 1. The fourth-order valence-corrected chi connectivity index (χ4v) is 3.24. The molecule has 1 atom stereocenters. The summed E-state index contributed by atoms with van der Waals surface area (Å²) in [5, 5.41) is 0. The van der Waals surface area contributed by atoms with Gasteiger partial charge in [-0.3, -0.25) is 9.59 Å². The summed E-state index contributed by atoms with van der Waals surface area (Å²) in [7, 11) is 5.27. The highest BCUT2D eigenvalue weighted by molar-refractivity contribution is 6.03. The first-order chi connectivity index (χ1) is 8.99.